The first-order valence-corrected chi connectivity index (χ1v) is 6.69. The summed E-state index contributed by atoms with van der Waals surface area (Å²) in [5, 5.41) is 1.55. The summed E-state index contributed by atoms with van der Waals surface area (Å²) in [5.74, 6) is 0.0725. The molecule has 2 nitrogen and oxygen atoms in total. The predicted molar refractivity (Wildman–Crippen MR) is 79.7 cm³/mol. The van der Waals surface area contributed by atoms with Gasteiger partial charge in [-0.2, -0.15) is 0 Å². The molecule has 0 radical (unpaired) electrons. The first-order valence-electron chi connectivity index (χ1n) is 5.94. The molecule has 0 aliphatic heterocycles. The molecule has 1 aromatic heterocycles. The Labute approximate surface area is 125 Å². The maximum Gasteiger partial charge on any atom is 0.161 e. The number of rotatable bonds is 1. The smallest absolute Gasteiger partial charge is 0.161 e. The van der Waals surface area contributed by atoms with Crippen LogP contribution in [0.25, 0.3) is 22.3 Å². The van der Waals surface area contributed by atoms with Gasteiger partial charge in [0, 0.05) is 16.0 Å². The topological polar surface area (TPSA) is 25.8 Å². The van der Waals surface area contributed by atoms with Crippen LogP contribution in [0.4, 0.5) is 4.39 Å². The highest BCUT2D eigenvalue weighted by Crippen LogP contribution is 2.28. The minimum Gasteiger partial charge on any atom is -0.228 e. The molecule has 0 saturated carbocycles. The summed E-state index contributed by atoms with van der Waals surface area (Å²) in [6, 6.07) is 9.71. The number of aryl methyl sites for hydroxylation is 1. The van der Waals surface area contributed by atoms with Crippen molar-refractivity contribution < 1.29 is 4.39 Å². The predicted octanol–water partition coefficient (Wildman–Crippen LogP) is 5.05. The number of hydrogen-bond acceptors (Lipinski definition) is 2. The second kappa shape index (κ2) is 5.00. The van der Waals surface area contributed by atoms with Crippen molar-refractivity contribution in [3.63, 3.8) is 0 Å². The number of fused-ring (bicyclic) bond motifs is 1. The van der Waals surface area contributed by atoms with E-state index in [0.29, 0.717) is 32.5 Å². The molecule has 0 N–H and O–H groups in total. The Morgan fingerprint density at radius 1 is 1.00 bits per heavy atom. The normalized spacial score (nSPS) is 11.0. The third kappa shape index (κ3) is 2.35. The fourth-order valence-electron chi connectivity index (χ4n) is 2.02. The van der Waals surface area contributed by atoms with Gasteiger partial charge in [0.1, 0.15) is 11.0 Å². The quantitative estimate of drug-likeness (QED) is 0.588. The lowest BCUT2D eigenvalue weighted by Gasteiger charge is -2.07. The third-order valence-electron chi connectivity index (χ3n) is 3.05. The van der Waals surface area contributed by atoms with Crippen LogP contribution >= 0.6 is 23.2 Å². The van der Waals surface area contributed by atoms with E-state index in [1.54, 1.807) is 24.3 Å². The number of halogens is 3. The third-order valence-corrected chi connectivity index (χ3v) is 3.57. The summed E-state index contributed by atoms with van der Waals surface area (Å²) in [6.45, 7) is 1.87. The van der Waals surface area contributed by atoms with Crippen LogP contribution in [0, 0.1) is 12.7 Å². The zero-order valence-electron chi connectivity index (χ0n) is 10.5. The van der Waals surface area contributed by atoms with E-state index in [9.17, 15) is 4.39 Å². The van der Waals surface area contributed by atoms with Gasteiger partial charge in [0.05, 0.1) is 5.52 Å². The molecule has 2 aromatic carbocycles. The average Bonchev–Trinajstić information content (AvgIpc) is 2.42. The first kappa shape index (κ1) is 13.3. The Hall–Kier alpha value is -1.71. The van der Waals surface area contributed by atoms with Gasteiger partial charge in [-0.25, -0.2) is 14.4 Å². The summed E-state index contributed by atoms with van der Waals surface area (Å²) in [4.78, 5) is 8.67. The SMILES string of the molecule is Cc1ccc(F)cc1-c1nc(Cl)c2cc(Cl)ccc2n1. The van der Waals surface area contributed by atoms with Crippen LogP contribution in [0.2, 0.25) is 10.2 Å². The highest BCUT2D eigenvalue weighted by Gasteiger charge is 2.11. The summed E-state index contributed by atoms with van der Waals surface area (Å²) < 4.78 is 13.4. The van der Waals surface area contributed by atoms with Crippen LogP contribution in [-0.2, 0) is 0 Å². The summed E-state index contributed by atoms with van der Waals surface area (Å²) >= 11 is 12.1. The minimum atomic E-state index is -0.332. The van der Waals surface area contributed by atoms with E-state index in [0.717, 1.165) is 5.56 Å². The van der Waals surface area contributed by atoms with Crippen molar-refractivity contribution in [3.05, 3.63) is 58.0 Å². The number of benzene rings is 2. The monoisotopic (exact) mass is 306 g/mol. The van der Waals surface area contributed by atoms with Gasteiger partial charge in [-0.15, -0.1) is 0 Å². The Kier molecular flexibility index (Phi) is 3.32. The van der Waals surface area contributed by atoms with E-state index in [4.69, 9.17) is 23.2 Å². The lowest BCUT2D eigenvalue weighted by atomic mass is 10.1. The van der Waals surface area contributed by atoms with Gasteiger partial charge in [0.15, 0.2) is 5.82 Å². The Morgan fingerprint density at radius 3 is 2.60 bits per heavy atom. The number of nitrogens with zero attached hydrogens (tertiary/aromatic N) is 2. The molecule has 0 atom stereocenters. The van der Waals surface area contributed by atoms with Crippen LogP contribution in [0.15, 0.2) is 36.4 Å². The molecule has 0 aliphatic carbocycles. The fraction of sp³-hybridized carbons (Fsp3) is 0.0667. The Morgan fingerprint density at radius 2 is 1.80 bits per heavy atom. The largest absolute Gasteiger partial charge is 0.228 e. The summed E-state index contributed by atoms with van der Waals surface area (Å²) in [5.41, 5.74) is 2.19. The van der Waals surface area contributed by atoms with Crippen LogP contribution < -0.4 is 0 Å². The molecule has 3 aromatic rings. The van der Waals surface area contributed by atoms with E-state index >= 15 is 0 Å². The second-order valence-corrected chi connectivity index (χ2v) is 5.25. The van der Waals surface area contributed by atoms with Crippen LogP contribution in [-0.4, -0.2) is 9.97 Å². The van der Waals surface area contributed by atoms with E-state index in [-0.39, 0.29) is 5.82 Å². The van der Waals surface area contributed by atoms with E-state index in [1.807, 2.05) is 6.92 Å². The summed E-state index contributed by atoms with van der Waals surface area (Å²) in [6.07, 6.45) is 0. The molecule has 0 aliphatic rings. The molecule has 20 heavy (non-hydrogen) atoms. The van der Waals surface area contributed by atoms with Crippen LogP contribution in [0.1, 0.15) is 5.56 Å². The molecule has 0 amide bonds. The van der Waals surface area contributed by atoms with Gasteiger partial charge in [0.2, 0.25) is 0 Å². The molecule has 100 valence electrons. The molecular formula is C15H9Cl2FN2. The number of aromatic nitrogens is 2. The van der Waals surface area contributed by atoms with E-state index < -0.39 is 0 Å². The highest BCUT2D eigenvalue weighted by atomic mass is 35.5. The average molecular weight is 307 g/mol. The number of hydrogen-bond donors (Lipinski definition) is 0. The molecule has 1 heterocycles. The first-order chi connectivity index (χ1) is 9.54. The van der Waals surface area contributed by atoms with E-state index in [1.165, 1.54) is 12.1 Å². The maximum absolute atomic E-state index is 13.4. The highest BCUT2D eigenvalue weighted by molar-refractivity contribution is 6.35. The van der Waals surface area contributed by atoms with Crippen LogP contribution in [0.3, 0.4) is 0 Å². The van der Waals surface area contributed by atoms with Crippen molar-refractivity contribution in [2.24, 2.45) is 0 Å². The van der Waals surface area contributed by atoms with Crippen molar-refractivity contribution in [3.8, 4) is 11.4 Å². The second-order valence-electron chi connectivity index (χ2n) is 4.46. The molecule has 0 saturated heterocycles. The lowest BCUT2D eigenvalue weighted by Crippen LogP contribution is -1.94. The molecule has 0 fully saturated rings. The standard InChI is InChI=1S/C15H9Cl2FN2/c1-8-2-4-10(18)7-11(8)15-19-13-5-3-9(16)6-12(13)14(17)20-15/h2-7H,1H3. The van der Waals surface area contributed by atoms with Crippen molar-refractivity contribution in [2.45, 2.75) is 6.92 Å². The van der Waals surface area contributed by atoms with Crippen molar-refractivity contribution in [1.82, 2.24) is 9.97 Å². The van der Waals surface area contributed by atoms with Gasteiger partial charge in [-0.05, 0) is 42.8 Å². The Balaban J connectivity index is 2.27. The van der Waals surface area contributed by atoms with E-state index in [2.05, 4.69) is 9.97 Å². The minimum absolute atomic E-state index is 0.302. The van der Waals surface area contributed by atoms with Gasteiger partial charge < -0.3 is 0 Å². The lowest BCUT2D eigenvalue weighted by molar-refractivity contribution is 0.628. The van der Waals surface area contributed by atoms with Crippen LogP contribution in [0.5, 0.6) is 0 Å². The fourth-order valence-corrected chi connectivity index (χ4v) is 2.42. The molecular weight excluding hydrogens is 298 g/mol. The molecule has 3 rings (SSSR count). The van der Waals surface area contributed by atoms with Crippen molar-refractivity contribution in [2.75, 3.05) is 0 Å². The Bertz CT molecular complexity index is 818. The zero-order valence-corrected chi connectivity index (χ0v) is 12.0. The molecule has 5 heteroatoms. The van der Waals surface area contributed by atoms with Crippen molar-refractivity contribution >= 4 is 34.1 Å². The van der Waals surface area contributed by atoms with Gasteiger partial charge >= 0.3 is 0 Å². The van der Waals surface area contributed by atoms with Gasteiger partial charge in [-0.3, -0.25) is 0 Å². The zero-order chi connectivity index (χ0) is 14.3. The molecule has 0 spiro atoms. The summed E-state index contributed by atoms with van der Waals surface area (Å²) in [7, 11) is 0. The molecule has 0 bridgehead atoms. The van der Waals surface area contributed by atoms with Gasteiger partial charge in [0.25, 0.3) is 0 Å². The molecule has 0 unspecified atom stereocenters. The van der Waals surface area contributed by atoms with Gasteiger partial charge in [-0.1, -0.05) is 29.3 Å². The van der Waals surface area contributed by atoms with Crippen molar-refractivity contribution in [1.29, 1.82) is 0 Å². The maximum atomic E-state index is 13.4.